The third kappa shape index (κ3) is 3.14. The maximum absolute atomic E-state index is 12.5. The van der Waals surface area contributed by atoms with Gasteiger partial charge in [0, 0.05) is 57.7 Å². The lowest BCUT2D eigenvalue weighted by atomic mass is 9.88. The van der Waals surface area contributed by atoms with Crippen LogP contribution in [0, 0.1) is 6.57 Å². The molecule has 0 atom stereocenters. The van der Waals surface area contributed by atoms with Crippen LogP contribution in [0.1, 0.15) is 36.8 Å². The molecule has 5 rings (SSSR count). The zero-order chi connectivity index (χ0) is 21.8. The van der Waals surface area contributed by atoms with Gasteiger partial charge >= 0.3 is 11.4 Å². The molecule has 0 spiro atoms. The Morgan fingerprint density at radius 2 is 2.06 bits per heavy atom. The number of fused-ring (bicyclic) bond motifs is 1. The summed E-state index contributed by atoms with van der Waals surface area (Å²) in [7, 11) is 4.03. The van der Waals surface area contributed by atoms with E-state index in [-0.39, 0.29) is 5.91 Å². The number of aryl methyl sites for hydroxylation is 2. The molecule has 1 aromatic carbocycles. The van der Waals surface area contributed by atoms with Crippen LogP contribution in [0.5, 0.6) is 0 Å². The summed E-state index contributed by atoms with van der Waals surface area (Å²) in [6.07, 6.45) is 5.97. The number of nitrogens with zero attached hydrogens (tertiary/aromatic N) is 6. The molecule has 3 aromatic rings. The van der Waals surface area contributed by atoms with Crippen molar-refractivity contribution in [2.24, 2.45) is 7.05 Å². The predicted molar refractivity (Wildman–Crippen MR) is 120 cm³/mol. The molecule has 1 aliphatic heterocycles. The molecule has 2 aliphatic rings. The lowest BCUT2D eigenvalue weighted by Crippen LogP contribution is -2.52. The van der Waals surface area contributed by atoms with Gasteiger partial charge in [0.15, 0.2) is 0 Å². The van der Waals surface area contributed by atoms with E-state index in [1.807, 2.05) is 29.8 Å². The fourth-order valence-corrected chi connectivity index (χ4v) is 4.44. The van der Waals surface area contributed by atoms with Crippen LogP contribution in [-0.4, -0.2) is 51.0 Å². The number of imidazole rings is 1. The van der Waals surface area contributed by atoms with E-state index in [0.29, 0.717) is 19.0 Å². The first kappa shape index (κ1) is 19.6. The van der Waals surface area contributed by atoms with Crippen molar-refractivity contribution < 1.29 is 4.79 Å². The molecular weight excluding hydrogens is 388 g/mol. The van der Waals surface area contributed by atoms with Crippen LogP contribution in [0.2, 0.25) is 0 Å². The highest BCUT2D eigenvalue weighted by atomic mass is 16.2. The molecule has 31 heavy (non-hydrogen) atoms. The lowest BCUT2D eigenvalue weighted by Gasteiger charge is -2.40. The summed E-state index contributed by atoms with van der Waals surface area (Å²) in [6.45, 7) is 10.9. The zero-order valence-electron chi connectivity index (χ0n) is 18.2. The van der Waals surface area contributed by atoms with Gasteiger partial charge in [-0.15, -0.1) is 0 Å². The van der Waals surface area contributed by atoms with Crippen LogP contribution in [-0.2, 0) is 18.3 Å². The first-order chi connectivity index (χ1) is 15.0. The number of likely N-dealkylation sites (tertiary alicyclic amines) is 1. The normalized spacial score (nSPS) is 17.3. The van der Waals surface area contributed by atoms with Crippen LogP contribution in [0.4, 0.5) is 11.5 Å². The third-order valence-electron chi connectivity index (χ3n) is 6.76. The minimum Gasteiger partial charge on any atom is -0.334 e. The first-order valence-corrected chi connectivity index (χ1v) is 10.8. The van der Waals surface area contributed by atoms with Crippen LogP contribution in [0.3, 0.4) is 0 Å². The minimum atomic E-state index is -0.728. The van der Waals surface area contributed by atoms with Gasteiger partial charge in [0.2, 0.25) is 0 Å². The number of hydrogen-bond acceptors (Lipinski definition) is 4. The number of carbonyl (C=O) groups is 1. The molecule has 2 fully saturated rings. The molecule has 1 amide bonds. The Labute approximate surface area is 182 Å². The summed E-state index contributed by atoms with van der Waals surface area (Å²) in [5.74, 6) is 1.26. The topological polar surface area (TPSA) is 58.6 Å². The van der Waals surface area contributed by atoms with Gasteiger partial charge in [0.1, 0.15) is 11.3 Å². The number of hydrogen-bond donors (Lipinski definition) is 0. The largest absolute Gasteiger partial charge is 0.334 e. The number of rotatable bonds is 5. The fraction of sp³-hybridized carbons (Fsp3) is 0.417. The van der Waals surface area contributed by atoms with Crippen molar-refractivity contribution in [2.45, 2.75) is 37.6 Å². The Balaban J connectivity index is 1.35. The Bertz CT molecular complexity index is 1210. The second-order valence-corrected chi connectivity index (χ2v) is 8.74. The molecule has 158 valence electrons. The molecule has 0 radical (unpaired) electrons. The Hall–Kier alpha value is -3.40. The van der Waals surface area contributed by atoms with E-state index in [2.05, 4.69) is 50.9 Å². The molecule has 3 heterocycles. The number of anilines is 2. The molecule has 7 heteroatoms. The molecule has 1 saturated heterocycles. The van der Waals surface area contributed by atoms with Gasteiger partial charge in [0.05, 0.1) is 18.0 Å². The van der Waals surface area contributed by atoms with Crippen molar-refractivity contribution in [3.63, 3.8) is 0 Å². The zero-order valence-corrected chi connectivity index (χ0v) is 18.2. The first-order valence-electron chi connectivity index (χ1n) is 10.8. The number of benzene rings is 1. The lowest BCUT2D eigenvalue weighted by molar-refractivity contribution is -0.137. The van der Waals surface area contributed by atoms with Crippen molar-refractivity contribution in [3.8, 4) is 0 Å². The van der Waals surface area contributed by atoms with Gasteiger partial charge < -0.3 is 14.4 Å². The molecule has 7 nitrogen and oxygen atoms in total. The number of carbonyl (C=O) groups excluding carboxylic acids is 1. The van der Waals surface area contributed by atoms with E-state index in [9.17, 15) is 4.79 Å². The molecule has 2 aromatic heterocycles. The summed E-state index contributed by atoms with van der Waals surface area (Å²) in [5, 5.41) is 0. The Kier molecular flexibility index (Phi) is 4.47. The van der Waals surface area contributed by atoms with Crippen LogP contribution < -0.4 is 4.90 Å². The summed E-state index contributed by atoms with van der Waals surface area (Å²) in [6, 6.07) is 8.66. The highest BCUT2D eigenvalue weighted by Gasteiger charge is 2.61. The van der Waals surface area contributed by atoms with Crippen molar-refractivity contribution in [3.05, 3.63) is 59.3 Å². The van der Waals surface area contributed by atoms with Gasteiger partial charge in [0.25, 0.3) is 0 Å². The summed E-state index contributed by atoms with van der Waals surface area (Å²) >= 11 is 0. The maximum Gasteiger partial charge on any atom is 0.309 e. The summed E-state index contributed by atoms with van der Waals surface area (Å²) in [5.41, 5.74) is 4.88. The molecule has 0 unspecified atom stereocenters. The SMILES string of the molecule is [C-]#[N+]C1(C(=O)N2CC(c3ccc(N(C)c4cc5c(cn4)ncn5C)c(CC)c3)C2)CC1. The quantitative estimate of drug-likeness (QED) is 0.598. The van der Waals surface area contributed by atoms with Crippen LogP contribution in [0.25, 0.3) is 15.9 Å². The van der Waals surface area contributed by atoms with E-state index in [4.69, 9.17) is 6.57 Å². The smallest absolute Gasteiger partial charge is 0.309 e. The minimum absolute atomic E-state index is 0.0300. The van der Waals surface area contributed by atoms with Crippen LogP contribution >= 0.6 is 0 Å². The third-order valence-corrected chi connectivity index (χ3v) is 6.76. The molecule has 0 bridgehead atoms. The molecule has 1 saturated carbocycles. The number of aromatic nitrogens is 3. The molecular formula is C24H26N6O. The van der Waals surface area contributed by atoms with Gasteiger partial charge in [-0.3, -0.25) is 9.64 Å². The van der Waals surface area contributed by atoms with E-state index < -0.39 is 5.54 Å². The van der Waals surface area contributed by atoms with E-state index >= 15 is 0 Å². The predicted octanol–water partition coefficient (Wildman–Crippen LogP) is 3.68. The average molecular weight is 415 g/mol. The Morgan fingerprint density at radius 1 is 1.29 bits per heavy atom. The van der Waals surface area contributed by atoms with Crippen molar-refractivity contribution in [2.75, 3.05) is 25.0 Å². The van der Waals surface area contributed by atoms with Crippen molar-refractivity contribution in [1.82, 2.24) is 19.4 Å². The van der Waals surface area contributed by atoms with Crippen LogP contribution in [0.15, 0.2) is 36.8 Å². The second-order valence-electron chi connectivity index (χ2n) is 8.74. The number of pyridine rings is 1. The van der Waals surface area contributed by atoms with E-state index in [0.717, 1.165) is 41.8 Å². The Morgan fingerprint density at radius 3 is 2.74 bits per heavy atom. The van der Waals surface area contributed by atoms with E-state index in [1.165, 1.54) is 11.1 Å². The van der Waals surface area contributed by atoms with Gasteiger partial charge in [-0.25, -0.2) is 16.5 Å². The van der Waals surface area contributed by atoms with Crippen molar-refractivity contribution in [1.29, 1.82) is 0 Å². The molecule has 0 N–H and O–H groups in total. The highest BCUT2D eigenvalue weighted by molar-refractivity contribution is 5.92. The van der Waals surface area contributed by atoms with Gasteiger partial charge in [-0.1, -0.05) is 19.1 Å². The van der Waals surface area contributed by atoms with Gasteiger partial charge in [-0.2, -0.15) is 0 Å². The van der Waals surface area contributed by atoms with Gasteiger partial charge in [-0.05, 0) is 23.6 Å². The maximum atomic E-state index is 12.5. The average Bonchev–Trinajstić information content (AvgIpc) is 3.49. The number of amides is 1. The summed E-state index contributed by atoms with van der Waals surface area (Å²) < 4.78 is 2.00. The van der Waals surface area contributed by atoms with Crippen molar-refractivity contribution >= 4 is 28.4 Å². The standard InChI is InChI=1S/C24H26N6O/c1-5-16-10-17(18-13-30(14-18)23(31)24(25-2)8-9-24)6-7-20(16)29(4)22-11-21-19(12-26-22)27-15-28(21)3/h6-7,10-12,15,18H,5,8-9,13-14H2,1,3-4H3. The second kappa shape index (κ2) is 7.09. The fourth-order valence-electron chi connectivity index (χ4n) is 4.44. The summed E-state index contributed by atoms with van der Waals surface area (Å²) in [4.78, 5) is 29.0. The van der Waals surface area contributed by atoms with E-state index in [1.54, 1.807) is 6.33 Å². The highest BCUT2D eigenvalue weighted by Crippen LogP contribution is 2.44. The monoisotopic (exact) mass is 414 g/mol. The molecule has 1 aliphatic carbocycles.